The van der Waals surface area contributed by atoms with Crippen molar-refractivity contribution in [3.8, 4) is 11.8 Å². The van der Waals surface area contributed by atoms with Crippen LogP contribution in [0, 0.1) is 31.6 Å². The molecule has 1 fully saturated rings. The van der Waals surface area contributed by atoms with Gasteiger partial charge in [0, 0.05) is 18.4 Å². The monoisotopic (exact) mass is 326 g/mol. The lowest BCUT2D eigenvalue weighted by Gasteiger charge is -2.27. The fourth-order valence-corrected chi connectivity index (χ4v) is 3.37. The molecule has 0 saturated heterocycles. The number of carbonyl (C=O) groups is 3. The van der Waals surface area contributed by atoms with Crippen LogP contribution in [0.3, 0.4) is 0 Å². The molecule has 1 aromatic rings. The van der Waals surface area contributed by atoms with Gasteiger partial charge in [-0.1, -0.05) is 5.92 Å². The van der Waals surface area contributed by atoms with Crippen molar-refractivity contribution in [2.75, 3.05) is 6.61 Å². The maximum Gasteiger partial charge on any atom is 0.309 e. The molecule has 2 rings (SSSR count). The van der Waals surface area contributed by atoms with Crippen LogP contribution < -0.4 is 0 Å². The lowest BCUT2D eigenvalue weighted by Crippen LogP contribution is -2.36. The molecule has 4 nitrogen and oxygen atoms in total. The molecule has 126 valence electrons. The van der Waals surface area contributed by atoms with Gasteiger partial charge in [-0.25, -0.2) is 0 Å². The van der Waals surface area contributed by atoms with E-state index in [0.29, 0.717) is 0 Å². The van der Waals surface area contributed by atoms with E-state index in [4.69, 9.17) is 4.74 Å². The van der Waals surface area contributed by atoms with Gasteiger partial charge in [-0.2, -0.15) is 0 Å². The summed E-state index contributed by atoms with van der Waals surface area (Å²) < 4.78 is 4.95. The van der Waals surface area contributed by atoms with Crippen LogP contribution in [0.4, 0.5) is 0 Å². The molecular formula is C20H22O4. The number of hydrogen-bond donors (Lipinski definition) is 0. The standard InChI is InChI=1S/C20H22O4/c1-5-7-14-8-12(3)18(13(4)9-14)19-16(21)10-15(11-17(19)22)20(23)24-6-2/h8-9,15,19H,6,10-11H2,1-4H3. The Morgan fingerprint density at radius 3 is 2.17 bits per heavy atom. The number of benzene rings is 1. The third-order valence-corrected chi connectivity index (χ3v) is 4.31. The van der Waals surface area contributed by atoms with E-state index in [1.807, 2.05) is 26.0 Å². The summed E-state index contributed by atoms with van der Waals surface area (Å²) in [6.07, 6.45) is 0.120. The second-order valence-corrected chi connectivity index (χ2v) is 6.12. The van der Waals surface area contributed by atoms with Gasteiger partial charge in [0.15, 0.2) is 0 Å². The molecule has 1 aliphatic carbocycles. The lowest BCUT2D eigenvalue weighted by molar-refractivity contribution is -0.153. The van der Waals surface area contributed by atoms with Crippen LogP contribution in [0.25, 0.3) is 0 Å². The average molecular weight is 326 g/mol. The molecule has 0 atom stereocenters. The molecule has 0 amide bonds. The molecule has 0 heterocycles. The van der Waals surface area contributed by atoms with Gasteiger partial charge in [0.1, 0.15) is 17.5 Å². The second kappa shape index (κ2) is 7.44. The average Bonchev–Trinajstić information content (AvgIpc) is 2.49. The third kappa shape index (κ3) is 3.56. The molecule has 0 radical (unpaired) electrons. The summed E-state index contributed by atoms with van der Waals surface area (Å²) >= 11 is 0. The van der Waals surface area contributed by atoms with Crippen molar-refractivity contribution in [1.82, 2.24) is 0 Å². The summed E-state index contributed by atoms with van der Waals surface area (Å²) in [5, 5.41) is 0. The van der Waals surface area contributed by atoms with E-state index in [1.54, 1.807) is 13.8 Å². The molecule has 1 aromatic carbocycles. The molecule has 0 N–H and O–H groups in total. The van der Waals surface area contributed by atoms with Gasteiger partial charge in [0.05, 0.1) is 12.5 Å². The number of hydrogen-bond acceptors (Lipinski definition) is 4. The zero-order chi connectivity index (χ0) is 17.9. The Morgan fingerprint density at radius 2 is 1.71 bits per heavy atom. The van der Waals surface area contributed by atoms with Crippen molar-refractivity contribution in [1.29, 1.82) is 0 Å². The van der Waals surface area contributed by atoms with Crippen LogP contribution in [0.1, 0.15) is 54.9 Å². The second-order valence-electron chi connectivity index (χ2n) is 6.12. The van der Waals surface area contributed by atoms with Crippen molar-refractivity contribution in [3.63, 3.8) is 0 Å². The molecule has 0 aromatic heterocycles. The Labute approximate surface area is 142 Å². The topological polar surface area (TPSA) is 60.4 Å². The molecule has 1 aliphatic rings. The van der Waals surface area contributed by atoms with Gasteiger partial charge >= 0.3 is 5.97 Å². The summed E-state index contributed by atoms with van der Waals surface area (Å²) in [5.74, 6) is 3.56. The van der Waals surface area contributed by atoms with Gasteiger partial charge in [-0.15, -0.1) is 5.92 Å². The first-order valence-corrected chi connectivity index (χ1v) is 8.15. The molecule has 0 spiro atoms. The Hall–Kier alpha value is -2.41. The molecular weight excluding hydrogens is 304 g/mol. The van der Waals surface area contributed by atoms with Crippen molar-refractivity contribution in [3.05, 3.63) is 34.4 Å². The number of carbonyl (C=O) groups excluding carboxylic acids is 3. The predicted octanol–water partition coefficient (Wildman–Crippen LogP) is 2.87. The highest BCUT2D eigenvalue weighted by molar-refractivity contribution is 6.12. The highest BCUT2D eigenvalue weighted by Gasteiger charge is 2.41. The maximum absolute atomic E-state index is 12.6. The highest BCUT2D eigenvalue weighted by Crippen LogP contribution is 2.35. The van der Waals surface area contributed by atoms with E-state index in [0.717, 1.165) is 22.3 Å². The Balaban J connectivity index is 2.33. The quantitative estimate of drug-likeness (QED) is 0.487. The molecule has 0 bridgehead atoms. The highest BCUT2D eigenvalue weighted by atomic mass is 16.5. The van der Waals surface area contributed by atoms with E-state index in [9.17, 15) is 14.4 Å². The summed E-state index contributed by atoms with van der Waals surface area (Å²) in [4.78, 5) is 37.0. The van der Waals surface area contributed by atoms with E-state index in [2.05, 4.69) is 11.8 Å². The fraction of sp³-hybridized carbons (Fsp3) is 0.450. The first-order valence-electron chi connectivity index (χ1n) is 8.15. The van der Waals surface area contributed by atoms with Crippen LogP contribution in [0.5, 0.6) is 0 Å². The van der Waals surface area contributed by atoms with E-state index < -0.39 is 17.8 Å². The zero-order valence-corrected chi connectivity index (χ0v) is 14.6. The lowest BCUT2D eigenvalue weighted by atomic mass is 9.74. The SMILES string of the molecule is CC#Cc1cc(C)c(C2C(=O)CC(C(=O)OCC)CC2=O)c(C)c1. The Bertz CT molecular complexity index is 708. The van der Waals surface area contributed by atoms with Crippen LogP contribution in [-0.2, 0) is 19.1 Å². The zero-order valence-electron chi connectivity index (χ0n) is 14.6. The summed E-state index contributed by atoms with van der Waals surface area (Å²) in [6, 6.07) is 3.80. The molecule has 1 saturated carbocycles. The predicted molar refractivity (Wildman–Crippen MR) is 90.6 cm³/mol. The van der Waals surface area contributed by atoms with Crippen LogP contribution >= 0.6 is 0 Å². The van der Waals surface area contributed by atoms with Crippen molar-refractivity contribution in [2.45, 2.75) is 46.5 Å². The number of esters is 1. The molecule has 4 heteroatoms. The maximum atomic E-state index is 12.6. The molecule has 24 heavy (non-hydrogen) atoms. The smallest absolute Gasteiger partial charge is 0.309 e. The largest absolute Gasteiger partial charge is 0.466 e. The normalized spacial score (nSPS) is 20.3. The number of ether oxygens (including phenoxy) is 1. The van der Waals surface area contributed by atoms with E-state index >= 15 is 0 Å². The minimum atomic E-state index is -0.778. The number of rotatable bonds is 3. The molecule has 0 unspecified atom stereocenters. The number of aryl methyl sites for hydroxylation is 2. The van der Waals surface area contributed by atoms with Gasteiger partial charge in [-0.3, -0.25) is 14.4 Å². The van der Waals surface area contributed by atoms with Crippen molar-refractivity contribution < 1.29 is 19.1 Å². The third-order valence-electron chi connectivity index (χ3n) is 4.31. The van der Waals surface area contributed by atoms with Crippen molar-refractivity contribution in [2.24, 2.45) is 5.92 Å². The number of ketones is 2. The first-order chi connectivity index (χ1) is 11.4. The van der Waals surface area contributed by atoms with Crippen LogP contribution in [0.2, 0.25) is 0 Å². The van der Waals surface area contributed by atoms with E-state index in [1.165, 1.54) is 0 Å². The summed E-state index contributed by atoms with van der Waals surface area (Å²) in [5.41, 5.74) is 3.40. The minimum absolute atomic E-state index is 0.0602. The Kier molecular flexibility index (Phi) is 5.56. The summed E-state index contributed by atoms with van der Waals surface area (Å²) in [6.45, 7) is 7.50. The van der Waals surface area contributed by atoms with Gasteiger partial charge in [0.25, 0.3) is 0 Å². The first kappa shape index (κ1) is 17.9. The van der Waals surface area contributed by atoms with E-state index in [-0.39, 0.29) is 31.0 Å². The molecule has 0 aliphatic heterocycles. The van der Waals surface area contributed by atoms with Gasteiger partial charge in [-0.05, 0) is 56.5 Å². The van der Waals surface area contributed by atoms with Gasteiger partial charge in [0.2, 0.25) is 0 Å². The summed E-state index contributed by atoms with van der Waals surface area (Å²) in [7, 11) is 0. The number of Topliss-reactive ketones (excluding diaryl/α,β-unsaturated/α-hetero) is 2. The van der Waals surface area contributed by atoms with Gasteiger partial charge < -0.3 is 4.74 Å². The Morgan fingerprint density at radius 1 is 1.17 bits per heavy atom. The van der Waals surface area contributed by atoms with Crippen LogP contribution in [0.15, 0.2) is 12.1 Å². The fourth-order valence-electron chi connectivity index (χ4n) is 3.37. The minimum Gasteiger partial charge on any atom is -0.466 e. The van der Waals surface area contributed by atoms with Crippen molar-refractivity contribution >= 4 is 17.5 Å². The van der Waals surface area contributed by atoms with Crippen LogP contribution in [-0.4, -0.2) is 24.1 Å².